The second kappa shape index (κ2) is 12.0. The third-order valence-electron chi connectivity index (χ3n) is 10.0. The van der Waals surface area contributed by atoms with E-state index in [2.05, 4.69) is 19.8 Å². The molecule has 6 heterocycles. The van der Waals surface area contributed by atoms with Gasteiger partial charge in [-0.25, -0.2) is 18.2 Å². The number of aryl methyl sites for hydroxylation is 1. The van der Waals surface area contributed by atoms with Gasteiger partial charge in [0.25, 0.3) is 0 Å². The Morgan fingerprint density at radius 3 is 2.89 bits per heavy atom. The zero-order valence-electron chi connectivity index (χ0n) is 31.0. The molecule has 3 saturated heterocycles. The van der Waals surface area contributed by atoms with Crippen molar-refractivity contribution in [1.29, 1.82) is 0 Å². The molecule has 3 fully saturated rings. The molecule has 0 saturated carbocycles. The lowest BCUT2D eigenvalue weighted by atomic mass is 9.94. The molecule has 47 heavy (non-hydrogen) atoms. The van der Waals surface area contributed by atoms with Crippen molar-refractivity contribution in [3.63, 3.8) is 0 Å². The molecular weight excluding hydrogens is 611 g/mol. The van der Waals surface area contributed by atoms with E-state index in [1.54, 1.807) is 0 Å². The lowest BCUT2D eigenvalue weighted by Gasteiger charge is -2.35. The van der Waals surface area contributed by atoms with Gasteiger partial charge in [-0.15, -0.1) is 0 Å². The van der Waals surface area contributed by atoms with Gasteiger partial charge in [-0.05, 0) is 79.6 Å². The summed E-state index contributed by atoms with van der Waals surface area (Å²) in [6.07, 6.45) is 0.419. The van der Waals surface area contributed by atoms with Gasteiger partial charge in [0, 0.05) is 39.0 Å². The quantitative estimate of drug-likeness (QED) is 0.201. The van der Waals surface area contributed by atoms with Crippen LogP contribution in [0.5, 0.6) is 17.6 Å². The van der Waals surface area contributed by atoms with Crippen LogP contribution in [0.4, 0.5) is 19.0 Å². The molecule has 3 atom stereocenters. The number of ether oxygens (including phenoxy) is 4. The number of fused-ring (bicyclic) bond motifs is 4. The van der Waals surface area contributed by atoms with Crippen molar-refractivity contribution in [1.82, 2.24) is 19.9 Å². The molecule has 2 aromatic heterocycles. The largest absolute Gasteiger partial charge is 0.475 e. The number of hydrogen-bond donors (Lipinski definition) is 0. The Hall–Kier alpha value is -3.90. The van der Waals surface area contributed by atoms with E-state index in [1.165, 1.54) is 25.3 Å². The minimum absolute atomic E-state index is 0.00660. The highest BCUT2D eigenvalue weighted by Gasteiger charge is 2.49. The van der Waals surface area contributed by atoms with Crippen LogP contribution in [0.2, 0.25) is 0 Å². The number of pyridine rings is 1. The van der Waals surface area contributed by atoms with Gasteiger partial charge in [-0.3, -0.25) is 4.90 Å². The van der Waals surface area contributed by atoms with Crippen molar-refractivity contribution >= 4 is 27.5 Å². The van der Waals surface area contributed by atoms with Crippen LogP contribution in [0.15, 0.2) is 24.3 Å². The summed E-state index contributed by atoms with van der Waals surface area (Å²) >= 11 is 0. The average Bonchev–Trinajstić information content (AvgIpc) is 3.58. The Morgan fingerprint density at radius 2 is 2.02 bits per heavy atom. The first-order valence-electron chi connectivity index (χ1n) is 18.5. The minimum atomic E-state index is -3.29. The minimum Gasteiger partial charge on any atom is -0.475 e. The standard InChI is InChI=1S/C35H38F3N5O4/c1-3-24-26(37)9-8-20-13-23(47-19-44-2)14-25(27(20)24)30-29(38)31-28-32(43-12-5-4-7-22(43)17-45-33(28)39-30)41-34(40-31)46-18-35-10-6-11-42(35)16-21(36)15-35/h8-9,13-14,21-22H,3-7,10-12,15-19H2,1-2H3/t21-,22+,35+/m1/s1/i1D3,3D2. The van der Waals surface area contributed by atoms with Crippen LogP contribution in [-0.2, 0) is 11.1 Å². The third kappa shape index (κ3) is 5.11. The van der Waals surface area contributed by atoms with Crippen molar-refractivity contribution in [2.45, 2.75) is 69.5 Å². The van der Waals surface area contributed by atoms with Gasteiger partial charge in [0.2, 0.25) is 5.88 Å². The van der Waals surface area contributed by atoms with Crippen molar-refractivity contribution in [3.05, 3.63) is 41.5 Å². The SMILES string of the molecule is [2H]C([2H])([2H])C([2H])([2H])c1c(F)ccc2cc(OCOC)cc(-c3nc4c5c(nc(OC[C@@]67CCCN6C[C@H](F)C7)nc5c3F)N3CCCC[C@H]3CO4)c12. The molecule has 4 aliphatic heterocycles. The summed E-state index contributed by atoms with van der Waals surface area (Å²) in [6, 6.07) is 4.88. The highest BCUT2D eigenvalue weighted by molar-refractivity contribution is 6.03. The number of aromatic nitrogens is 3. The molecule has 248 valence electrons. The molecule has 0 radical (unpaired) electrons. The van der Waals surface area contributed by atoms with E-state index in [1.807, 2.05) is 0 Å². The van der Waals surface area contributed by atoms with Gasteiger partial charge in [0.1, 0.15) is 53.4 Å². The van der Waals surface area contributed by atoms with E-state index in [-0.39, 0.29) is 70.9 Å². The van der Waals surface area contributed by atoms with E-state index < -0.39 is 47.8 Å². The summed E-state index contributed by atoms with van der Waals surface area (Å²) in [5.41, 5.74) is -2.03. The highest BCUT2D eigenvalue weighted by Crippen LogP contribution is 2.45. The molecule has 9 nitrogen and oxygen atoms in total. The summed E-state index contributed by atoms with van der Waals surface area (Å²) in [4.78, 5) is 18.1. The fourth-order valence-electron chi connectivity index (χ4n) is 7.87. The molecule has 8 rings (SSSR count). The normalized spacial score (nSPS) is 26.0. The molecule has 0 aliphatic carbocycles. The lowest BCUT2D eigenvalue weighted by Crippen LogP contribution is -2.44. The third-order valence-corrected chi connectivity index (χ3v) is 10.0. The van der Waals surface area contributed by atoms with Gasteiger partial charge in [-0.2, -0.15) is 9.97 Å². The van der Waals surface area contributed by atoms with Gasteiger partial charge < -0.3 is 23.8 Å². The van der Waals surface area contributed by atoms with Crippen LogP contribution in [0, 0.1) is 11.6 Å². The Labute approximate surface area is 278 Å². The van der Waals surface area contributed by atoms with E-state index in [4.69, 9.17) is 30.8 Å². The molecule has 4 aromatic rings. The summed E-state index contributed by atoms with van der Waals surface area (Å²) in [5, 5.41) is 0.181. The molecule has 0 unspecified atom stereocenters. The Kier molecular flexibility index (Phi) is 6.40. The first-order chi connectivity index (χ1) is 24.8. The molecule has 0 amide bonds. The van der Waals surface area contributed by atoms with Gasteiger partial charge >= 0.3 is 6.01 Å². The van der Waals surface area contributed by atoms with E-state index in [0.717, 1.165) is 44.7 Å². The molecule has 0 spiro atoms. The number of hydrogen-bond acceptors (Lipinski definition) is 9. The summed E-state index contributed by atoms with van der Waals surface area (Å²) in [5.74, 6) is -1.55. The molecule has 4 aliphatic rings. The topological polar surface area (TPSA) is 82.1 Å². The molecular formula is C35H38F3N5O4. The van der Waals surface area contributed by atoms with Crippen molar-refractivity contribution in [2.24, 2.45) is 0 Å². The predicted octanol–water partition coefficient (Wildman–Crippen LogP) is 6.37. The van der Waals surface area contributed by atoms with Crippen LogP contribution < -0.4 is 19.1 Å². The first kappa shape index (κ1) is 25.2. The fourth-order valence-corrected chi connectivity index (χ4v) is 7.87. The summed E-state index contributed by atoms with van der Waals surface area (Å²) < 4.78 is 112. The van der Waals surface area contributed by atoms with Crippen LogP contribution in [0.3, 0.4) is 0 Å². The van der Waals surface area contributed by atoms with E-state index in [0.29, 0.717) is 25.3 Å². The monoisotopic (exact) mass is 654 g/mol. The lowest BCUT2D eigenvalue weighted by molar-refractivity contribution is 0.0512. The number of anilines is 1. The maximum absolute atomic E-state index is 17.4. The number of rotatable bonds is 8. The van der Waals surface area contributed by atoms with E-state index >= 15 is 8.78 Å². The highest BCUT2D eigenvalue weighted by atomic mass is 19.1. The maximum Gasteiger partial charge on any atom is 0.319 e. The molecule has 12 heteroatoms. The number of alkyl halides is 1. The van der Waals surface area contributed by atoms with Gasteiger partial charge in [0.05, 0.1) is 11.6 Å². The molecule has 2 aromatic carbocycles. The smallest absolute Gasteiger partial charge is 0.319 e. The van der Waals surface area contributed by atoms with Crippen molar-refractivity contribution in [2.75, 3.05) is 51.7 Å². The van der Waals surface area contributed by atoms with E-state index in [9.17, 15) is 4.39 Å². The molecule has 0 bridgehead atoms. The Morgan fingerprint density at radius 1 is 1.11 bits per heavy atom. The zero-order valence-corrected chi connectivity index (χ0v) is 26.0. The Balaban J connectivity index is 1.36. The van der Waals surface area contributed by atoms with Crippen molar-refractivity contribution < 1.29 is 39.0 Å². The zero-order chi connectivity index (χ0) is 36.6. The predicted molar refractivity (Wildman–Crippen MR) is 171 cm³/mol. The van der Waals surface area contributed by atoms with Crippen LogP contribution >= 0.6 is 0 Å². The van der Waals surface area contributed by atoms with Crippen molar-refractivity contribution in [3.8, 4) is 28.9 Å². The summed E-state index contributed by atoms with van der Waals surface area (Å²) in [6.45, 7) is -1.46. The second-order valence-electron chi connectivity index (χ2n) is 12.8. The first-order valence-corrected chi connectivity index (χ1v) is 16.0. The number of benzene rings is 2. The maximum atomic E-state index is 17.4. The number of halogens is 3. The number of methoxy groups -OCH3 is 1. The summed E-state index contributed by atoms with van der Waals surface area (Å²) in [7, 11) is 1.41. The average molecular weight is 655 g/mol. The van der Waals surface area contributed by atoms with Crippen LogP contribution in [0.1, 0.15) is 57.8 Å². The van der Waals surface area contributed by atoms with Gasteiger partial charge in [-0.1, -0.05) is 12.9 Å². The number of nitrogens with zero attached hydrogens (tertiary/aromatic N) is 5. The van der Waals surface area contributed by atoms with Crippen LogP contribution in [-0.4, -0.2) is 84.4 Å². The van der Waals surface area contributed by atoms with Gasteiger partial charge in [0.15, 0.2) is 12.6 Å². The number of piperidine rings is 1. The fraction of sp³-hybridized carbons (Fsp3) is 0.514. The second-order valence-corrected chi connectivity index (χ2v) is 12.8. The van der Waals surface area contributed by atoms with Crippen LogP contribution in [0.25, 0.3) is 32.9 Å². The molecule has 0 N–H and O–H groups in total. The Bertz CT molecular complexity index is 2060.